The Morgan fingerprint density at radius 3 is 2.63 bits per heavy atom. The average molecular weight is 345 g/mol. The van der Waals surface area contributed by atoms with Crippen LogP contribution in [0, 0.1) is 5.82 Å². The lowest BCUT2D eigenvalue weighted by atomic mass is 10.1. The zero-order valence-electron chi connectivity index (χ0n) is 9.81. The van der Waals surface area contributed by atoms with E-state index in [1.165, 1.54) is 12.1 Å². The molecule has 0 amide bonds. The zero-order valence-corrected chi connectivity index (χ0v) is 11.4. The van der Waals surface area contributed by atoms with Gasteiger partial charge in [-0.2, -0.15) is 13.2 Å². The number of benzene rings is 1. The van der Waals surface area contributed by atoms with Gasteiger partial charge >= 0.3 is 6.18 Å². The molecule has 108 valence electrons. The molecular formula is C11H13BrF4N2O. The minimum absolute atomic E-state index is 0.125. The first-order chi connectivity index (χ1) is 8.81. The van der Waals surface area contributed by atoms with E-state index in [1.807, 2.05) is 0 Å². The van der Waals surface area contributed by atoms with E-state index in [0.717, 1.165) is 0 Å². The Morgan fingerprint density at radius 2 is 2.05 bits per heavy atom. The van der Waals surface area contributed by atoms with Crippen molar-refractivity contribution in [1.82, 2.24) is 5.43 Å². The molecule has 0 fully saturated rings. The second kappa shape index (κ2) is 7.18. The quantitative estimate of drug-likeness (QED) is 0.473. The largest absolute Gasteiger partial charge is 0.411 e. The molecule has 0 aliphatic carbocycles. The van der Waals surface area contributed by atoms with Gasteiger partial charge in [0.15, 0.2) is 0 Å². The molecule has 1 aromatic carbocycles. The second-order valence-corrected chi connectivity index (χ2v) is 4.85. The van der Waals surface area contributed by atoms with Crippen molar-refractivity contribution in [1.29, 1.82) is 0 Å². The van der Waals surface area contributed by atoms with Crippen LogP contribution in [0.4, 0.5) is 17.6 Å². The van der Waals surface area contributed by atoms with Crippen LogP contribution in [0.15, 0.2) is 22.7 Å². The van der Waals surface area contributed by atoms with E-state index in [0.29, 0.717) is 10.0 Å². The Kier molecular flexibility index (Phi) is 6.18. The number of nitrogens with one attached hydrogen (secondary N) is 1. The Hall–Kier alpha value is -0.700. The normalized spacial score (nSPS) is 13.6. The van der Waals surface area contributed by atoms with Crippen LogP contribution < -0.4 is 11.3 Å². The lowest BCUT2D eigenvalue weighted by Crippen LogP contribution is -2.41. The molecule has 0 aliphatic heterocycles. The van der Waals surface area contributed by atoms with Gasteiger partial charge in [-0.3, -0.25) is 11.3 Å². The van der Waals surface area contributed by atoms with Gasteiger partial charge in [0, 0.05) is 10.5 Å². The van der Waals surface area contributed by atoms with Crippen LogP contribution in [-0.2, 0) is 11.2 Å². The summed E-state index contributed by atoms with van der Waals surface area (Å²) in [5, 5.41) is 0. The number of hydrogen-bond donors (Lipinski definition) is 2. The Bertz CT molecular complexity index is 414. The number of nitrogens with two attached hydrogens (primary N) is 1. The molecule has 19 heavy (non-hydrogen) atoms. The fourth-order valence-corrected chi connectivity index (χ4v) is 1.86. The van der Waals surface area contributed by atoms with E-state index in [1.54, 1.807) is 6.07 Å². The topological polar surface area (TPSA) is 47.3 Å². The van der Waals surface area contributed by atoms with Crippen LogP contribution in [-0.4, -0.2) is 25.4 Å². The number of halogens is 5. The third-order valence-electron chi connectivity index (χ3n) is 2.29. The first-order valence-electron chi connectivity index (χ1n) is 5.36. The SMILES string of the molecule is NNC(COCC(F)(F)F)Cc1cc(Br)ccc1F. The zero-order chi connectivity index (χ0) is 14.5. The molecule has 0 radical (unpaired) electrons. The number of hydrogen-bond acceptors (Lipinski definition) is 3. The standard InChI is InChI=1S/C11H13BrF4N2O/c12-8-1-2-10(13)7(3-8)4-9(18-17)5-19-6-11(14,15)16/h1-3,9,18H,4-6,17H2. The van der Waals surface area contributed by atoms with Crippen molar-refractivity contribution >= 4 is 15.9 Å². The van der Waals surface area contributed by atoms with Crippen molar-refractivity contribution in [2.24, 2.45) is 5.84 Å². The summed E-state index contributed by atoms with van der Waals surface area (Å²) in [6.45, 7) is -1.62. The Morgan fingerprint density at radius 1 is 1.37 bits per heavy atom. The van der Waals surface area contributed by atoms with Crippen LogP contribution in [0.2, 0.25) is 0 Å². The molecule has 0 spiro atoms. The van der Waals surface area contributed by atoms with E-state index in [-0.39, 0.29) is 13.0 Å². The van der Waals surface area contributed by atoms with Crippen LogP contribution in [0.25, 0.3) is 0 Å². The molecule has 0 saturated heterocycles. The number of hydrazine groups is 1. The predicted molar refractivity (Wildman–Crippen MR) is 65.8 cm³/mol. The first kappa shape index (κ1) is 16.4. The Balaban J connectivity index is 2.54. The molecule has 1 unspecified atom stereocenters. The highest BCUT2D eigenvalue weighted by Gasteiger charge is 2.28. The van der Waals surface area contributed by atoms with Gasteiger partial charge < -0.3 is 4.74 Å². The fraction of sp³-hybridized carbons (Fsp3) is 0.455. The Labute approximate surface area is 116 Å². The van der Waals surface area contributed by atoms with Crippen LogP contribution in [0.1, 0.15) is 5.56 Å². The number of alkyl halides is 3. The van der Waals surface area contributed by atoms with E-state index < -0.39 is 24.6 Å². The summed E-state index contributed by atoms with van der Waals surface area (Å²) in [6.07, 6.45) is -4.26. The summed E-state index contributed by atoms with van der Waals surface area (Å²) in [5.41, 5.74) is 2.65. The van der Waals surface area contributed by atoms with Gasteiger partial charge in [0.05, 0.1) is 6.61 Å². The maximum atomic E-state index is 13.5. The van der Waals surface area contributed by atoms with Crippen molar-refractivity contribution in [2.75, 3.05) is 13.2 Å². The maximum absolute atomic E-state index is 13.5. The van der Waals surface area contributed by atoms with Gasteiger partial charge in [-0.15, -0.1) is 0 Å². The highest BCUT2D eigenvalue weighted by atomic mass is 79.9. The summed E-state index contributed by atoms with van der Waals surface area (Å²) < 4.78 is 54.4. The highest BCUT2D eigenvalue weighted by molar-refractivity contribution is 9.10. The van der Waals surface area contributed by atoms with Crippen molar-refractivity contribution < 1.29 is 22.3 Å². The fourth-order valence-electron chi connectivity index (χ4n) is 1.45. The van der Waals surface area contributed by atoms with Gasteiger partial charge in [-0.05, 0) is 30.2 Å². The lowest BCUT2D eigenvalue weighted by molar-refractivity contribution is -0.175. The third kappa shape index (κ3) is 6.33. The maximum Gasteiger partial charge on any atom is 0.411 e. The average Bonchev–Trinajstić information content (AvgIpc) is 2.30. The van der Waals surface area contributed by atoms with Crippen LogP contribution in [0.5, 0.6) is 0 Å². The molecule has 0 aliphatic rings. The van der Waals surface area contributed by atoms with E-state index >= 15 is 0 Å². The molecule has 1 atom stereocenters. The predicted octanol–water partition coefficient (Wildman–Crippen LogP) is 2.54. The number of rotatable bonds is 6. The molecule has 0 heterocycles. The number of ether oxygens (including phenoxy) is 1. The van der Waals surface area contributed by atoms with Crippen LogP contribution >= 0.6 is 15.9 Å². The molecule has 1 rings (SSSR count). The summed E-state index contributed by atoms with van der Waals surface area (Å²) in [4.78, 5) is 0. The molecule has 0 bridgehead atoms. The monoisotopic (exact) mass is 344 g/mol. The van der Waals surface area contributed by atoms with Gasteiger partial charge in [0.2, 0.25) is 0 Å². The van der Waals surface area contributed by atoms with E-state index in [2.05, 4.69) is 26.1 Å². The van der Waals surface area contributed by atoms with Crippen molar-refractivity contribution in [3.05, 3.63) is 34.1 Å². The minimum Gasteiger partial charge on any atom is -0.370 e. The lowest BCUT2D eigenvalue weighted by Gasteiger charge is -2.17. The smallest absolute Gasteiger partial charge is 0.370 e. The van der Waals surface area contributed by atoms with E-state index in [9.17, 15) is 17.6 Å². The van der Waals surface area contributed by atoms with E-state index in [4.69, 9.17) is 5.84 Å². The summed E-state index contributed by atoms with van der Waals surface area (Å²) in [5.74, 6) is 4.77. The molecule has 3 nitrogen and oxygen atoms in total. The van der Waals surface area contributed by atoms with Gasteiger partial charge in [-0.25, -0.2) is 4.39 Å². The molecular weight excluding hydrogens is 332 g/mol. The minimum atomic E-state index is -4.39. The third-order valence-corrected chi connectivity index (χ3v) is 2.79. The van der Waals surface area contributed by atoms with Crippen molar-refractivity contribution in [3.8, 4) is 0 Å². The van der Waals surface area contributed by atoms with Gasteiger partial charge in [0.1, 0.15) is 12.4 Å². The molecule has 1 aromatic rings. The first-order valence-corrected chi connectivity index (χ1v) is 6.15. The molecule has 0 saturated carbocycles. The van der Waals surface area contributed by atoms with Crippen LogP contribution in [0.3, 0.4) is 0 Å². The molecule has 0 aromatic heterocycles. The molecule has 3 N–H and O–H groups in total. The summed E-state index contributed by atoms with van der Waals surface area (Å²) in [6, 6.07) is 3.74. The second-order valence-electron chi connectivity index (χ2n) is 3.93. The van der Waals surface area contributed by atoms with Crippen molar-refractivity contribution in [3.63, 3.8) is 0 Å². The van der Waals surface area contributed by atoms with Gasteiger partial charge in [0.25, 0.3) is 0 Å². The highest BCUT2D eigenvalue weighted by Crippen LogP contribution is 2.18. The summed E-state index contributed by atoms with van der Waals surface area (Å²) >= 11 is 3.19. The van der Waals surface area contributed by atoms with Crippen molar-refractivity contribution in [2.45, 2.75) is 18.6 Å². The van der Waals surface area contributed by atoms with Gasteiger partial charge in [-0.1, -0.05) is 15.9 Å². The summed E-state index contributed by atoms with van der Waals surface area (Å²) in [7, 11) is 0. The molecule has 8 heteroatoms.